The highest BCUT2D eigenvalue weighted by molar-refractivity contribution is 5.70. The van der Waals surface area contributed by atoms with E-state index in [1.54, 1.807) is 0 Å². The molecule has 2 atom stereocenters. The fraction of sp³-hybridized carbons (Fsp3) is 0.848. The average molecular weight is 763 g/mol. The van der Waals surface area contributed by atoms with Gasteiger partial charge in [-0.2, -0.15) is 0 Å². The molecule has 0 aliphatic carbocycles. The van der Waals surface area contributed by atoms with Crippen LogP contribution in [0.4, 0.5) is 4.79 Å². The lowest BCUT2D eigenvalue weighted by Gasteiger charge is -2.20. The zero-order valence-corrected chi connectivity index (χ0v) is 35.7. The zero-order valence-electron chi connectivity index (χ0n) is 35.7. The average Bonchev–Trinajstić information content (AvgIpc) is 3.17. The lowest BCUT2D eigenvalue weighted by Crippen LogP contribution is -2.40. The van der Waals surface area contributed by atoms with Crippen LogP contribution >= 0.6 is 0 Å². The Bertz CT molecular complexity index is 908. The van der Waals surface area contributed by atoms with Gasteiger partial charge in [0.05, 0.1) is 6.54 Å². The van der Waals surface area contributed by atoms with E-state index in [4.69, 9.17) is 14.2 Å². The summed E-state index contributed by atoms with van der Waals surface area (Å²) < 4.78 is 16.5. The first-order valence-corrected chi connectivity index (χ1v) is 22.8. The number of hydrogen-bond donors (Lipinski definition) is 2. The number of carbonyl (C=O) groups is 3. The molecule has 54 heavy (non-hydrogen) atoms. The predicted molar refractivity (Wildman–Crippen MR) is 227 cm³/mol. The van der Waals surface area contributed by atoms with E-state index >= 15 is 0 Å². The van der Waals surface area contributed by atoms with Crippen molar-refractivity contribution in [2.24, 2.45) is 0 Å². The number of nitrogens with one attached hydrogen (secondary N) is 2. The number of unbranched alkanes of at least 4 members (excludes halogenated alkanes) is 22. The molecule has 0 spiro atoms. The van der Waals surface area contributed by atoms with Crippen LogP contribution in [0.25, 0.3) is 0 Å². The summed E-state index contributed by atoms with van der Waals surface area (Å²) in [5.41, 5.74) is 0. The van der Waals surface area contributed by atoms with Gasteiger partial charge in [0.1, 0.15) is 13.2 Å². The van der Waals surface area contributed by atoms with Gasteiger partial charge in [0.25, 0.3) is 0 Å². The molecule has 0 rings (SSSR count). The van der Waals surface area contributed by atoms with Gasteiger partial charge < -0.3 is 24.8 Å². The summed E-state index contributed by atoms with van der Waals surface area (Å²) in [7, 11) is 0. The van der Waals surface area contributed by atoms with Crippen LogP contribution in [0, 0.1) is 0 Å². The van der Waals surface area contributed by atoms with E-state index in [9.17, 15) is 14.4 Å². The minimum atomic E-state index is -0.762. The third-order valence-corrected chi connectivity index (χ3v) is 9.89. The highest BCUT2D eigenvalue weighted by atomic mass is 16.6. The molecule has 0 saturated heterocycles. The molecule has 316 valence electrons. The van der Waals surface area contributed by atoms with Crippen LogP contribution in [0.5, 0.6) is 0 Å². The summed E-state index contributed by atoms with van der Waals surface area (Å²) in [4.78, 5) is 37.6. The zero-order chi connectivity index (χ0) is 39.6. The van der Waals surface area contributed by atoms with Crippen molar-refractivity contribution in [3.05, 3.63) is 24.3 Å². The van der Waals surface area contributed by atoms with Crippen LogP contribution in [-0.4, -0.2) is 56.5 Å². The Labute approximate surface area is 333 Å². The van der Waals surface area contributed by atoms with Crippen LogP contribution in [0.2, 0.25) is 0 Å². The van der Waals surface area contributed by atoms with Gasteiger partial charge in [-0.1, -0.05) is 155 Å². The Morgan fingerprint density at radius 2 is 0.926 bits per heavy atom. The fourth-order valence-corrected chi connectivity index (χ4v) is 6.35. The number of rotatable bonds is 40. The van der Waals surface area contributed by atoms with Gasteiger partial charge in [0.2, 0.25) is 0 Å². The van der Waals surface area contributed by atoms with Crippen molar-refractivity contribution in [3.8, 4) is 0 Å². The van der Waals surface area contributed by atoms with Crippen LogP contribution in [-0.2, 0) is 23.8 Å². The Balaban J connectivity index is 4.33. The number of esters is 2. The monoisotopic (exact) mass is 763 g/mol. The van der Waals surface area contributed by atoms with Gasteiger partial charge >= 0.3 is 18.0 Å². The van der Waals surface area contributed by atoms with Crippen molar-refractivity contribution < 1.29 is 28.6 Å². The van der Waals surface area contributed by atoms with Gasteiger partial charge in [-0.25, -0.2) is 4.79 Å². The maximum atomic E-state index is 12.7. The predicted octanol–water partition coefficient (Wildman–Crippen LogP) is 12.6. The quantitative estimate of drug-likeness (QED) is 0.0277. The Hall–Kier alpha value is -2.35. The first-order valence-electron chi connectivity index (χ1n) is 22.8. The van der Waals surface area contributed by atoms with E-state index in [0.717, 1.165) is 70.8 Å². The van der Waals surface area contributed by atoms with Crippen molar-refractivity contribution in [1.29, 1.82) is 0 Å². The maximum Gasteiger partial charge on any atom is 0.407 e. The number of likely N-dealkylation sites (N-methyl/N-ethyl adjacent to an activating group) is 1. The number of carbonyl (C=O) groups excluding carboxylic acids is 3. The fourth-order valence-electron chi connectivity index (χ4n) is 6.35. The van der Waals surface area contributed by atoms with Gasteiger partial charge in [-0.15, -0.1) is 0 Å². The summed E-state index contributed by atoms with van der Waals surface area (Å²) in [5.74, 6) is -0.635. The maximum absolute atomic E-state index is 12.7. The molecule has 8 heteroatoms. The summed E-state index contributed by atoms with van der Waals surface area (Å²) in [6.45, 7) is 9.54. The van der Waals surface area contributed by atoms with E-state index in [0.29, 0.717) is 12.8 Å². The van der Waals surface area contributed by atoms with Gasteiger partial charge in [-0.3, -0.25) is 9.59 Å². The lowest BCUT2D eigenvalue weighted by atomic mass is 10.1. The van der Waals surface area contributed by atoms with Gasteiger partial charge in [0.15, 0.2) is 6.10 Å². The molecule has 1 amide bonds. The standard InChI is InChI=1S/C46H86N2O6/c1-5-9-11-13-15-17-19-21-23-25-27-29-31-33-35-37-44(49)52-41-43(39-48-46(51)53-40-42(7-3)47-8-4)54-45(50)38-36-34-32-30-28-26-24-22-20-18-16-14-12-10-6-2/h21-24,42-43,47H,5-20,25-41H2,1-4H3,(H,48,51). The second-order valence-electron chi connectivity index (χ2n) is 15.1. The summed E-state index contributed by atoms with van der Waals surface area (Å²) >= 11 is 0. The third-order valence-electron chi connectivity index (χ3n) is 9.89. The van der Waals surface area contributed by atoms with Crippen molar-refractivity contribution in [2.45, 2.75) is 226 Å². The summed E-state index contributed by atoms with van der Waals surface area (Å²) in [6.07, 6.45) is 40.6. The topological polar surface area (TPSA) is 103 Å². The highest BCUT2D eigenvalue weighted by Gasteiger charge is 2.19. The third kappa shape index (κ3) is 37.9. The molecule has 0 aliphatic heterocycles. The molecule has 8 nitrogen and oxygen atoms in total. The van der Waals surface area contributed by atoms with Crippen LogP contribution in [0.3, 0.4) is 0 Å². The van der Waals surface area contributed by atoms with E-state index in [2.05, 4.69) is 48.8 Å². The molecule has 0 aliphatic rings. The molecular formula is C46H86N2O6. The number of alkyl carbamates (subject to hydrolysis) is 1. The minimum absolute atomic E-state index is 0.0234. The number of amides is 1. The Kier molecular flexibility index (Phi) is 40.0. The van der Waals surface area contributed by atoms with Crippen molar-refractivity contribution in [1.82, 2.24) is 10.6 Å². The Morgan fingerprint density at radius 3 is 1.37 bits per heavy atom. The van der Waals surface area contributed by atoms with Crippen molar-refractivity contribution >= 4 is 18.0 Å². The number of ether oxygens (including phenoxy) is 3. The van der Waals surface area contributed by atoms with Gasteiger partial charge in [0, 0.05) is 18.9 Å². The van der Waals surface area contributed by atoms with Crippen molar-refractivity contribution in [2.75, 3.05) is 26.3 Å². The molecule has 0 saturated carbocycles. The van der Waals surface area contributed by atoms with Crippen LogP contribution in [0.15, 0.2) is 24.3 Å². The normalized spacial score (nSPS) is 12.7. The molecule has 0 aromatic carbocycles. The second-order valence-corrected chi connectivity index (χ2v) is 15.1. The molecule has 0 radical (unpaired) electrons. The van der Waals surface area contributed by atoms with E-state index < -0.39 is 12.2 Å². The SMILES string of the molecule is CCCCCCCCC=CCCCCCCCC(=O)OCC(CNC(=O)OCC(CC)NCC)OC(=O)CCCCCCCC=CCCCCCCCC. The molecule has 0 aromatic rings. The molecular weight excluding hydrogens is 677 g/mol. The van der Waals surface area contributed by atoms with E-state index in [1.165, 1.54) is 109 Å². The van der Waals surface area contributed by atoms with Crippen molar-refractivity contribution in [3.63, 3.8) is 0 Å². The minimum Gasteiger partial charge on any atom is -0.462 e. The molecule has 2 N–H and O–H groups in total. The lowest BCUT2D eigenvalue weighted by molar-refractivity contribution is -0.158. The molecule has 0 bridgehead atoms. The largest absolute Gasteiger partial charge is 0.462 e. The van der Waals surface area contributed by atoms with Crippen LogP contribution in [0.1, 0.15) is 214 Å². The van der Waals surface area contributed by atoms with Crippen LogP contribution < -0.4 is 10.6 Å². The molecule has 2 unspecified atom stereocenters. The molecule has 0 heterocycles. The smallest absolute Gasteiger partial charge is 0.407 e. The molecule has 0 aromatic heterocycles. The summed E-state index contributed by atoms with van der Waals surface area (Å²) in [5, 5.41) is 5.96. The first-order chi connectivity index (χ1) is 26.5. The number of hydrogen-bond acceptors (Lipinski definition) is 7. The second kappa shape index (κ2) is 41.8. The van der Waals surface area contributed by atoms with Gasteiger partial charge in [-0.05, 0) is 77.2 Å². The summed E-state index contributed by atoms with van der Waals surface area (Å²) in [6, 6.07) is 0.0817. The molecule has 0 fully saturated rings. The highest BCUT2D eigenvalue weighted by Crippen LogP contribution is 2.13. The van der Waals surface area contributed by atoms with E-state index in [1.807, 2.05) is 13.8 Å². The number of allylic oxidation sites excluding steroid dienone is 4. The van der Waals surface area contributed by atoms with E-state index in [-0.39, 0.29) is 37.7 Å². The Morgan fingerprint density at radius 1 is 0.500 bits per heavy atom. The first kappa shape index (κ1) is 51.6.